The molecule has 1 aliphatic rings. The lowest BCUT2D eigenvalue weighted by Gasteiger charge is -2.14. The Morgan fingerprint density at radius 3 is 2.13 bits per heavy atom. The van der Waals surface area contributed by atoms with Crippen molar-refractivity contribution in [2.75, 3.05) is 11.4 Å². The van der Waals surface area contributed by atoms with E-state index in [1.807, 2.05) is 36.4 Å². The number of hydrogen-bond acceptors (Lipinski definition) is 3. The summed E-state index contributed by atoms with van der Waals surface area (Å²) in [5, 5.41) is 3.08. The average Bonchev–Trinajstić information content (AvgIpc) is 2.80. The molecule has 4 nitrogen and oxygen atoms in total. The molecule has 0 aliphatic carbocycles. The molecule has 0 atom stereocenters. The number of halogens is 1. The van der Waals surface area contributed by atoms with E-state index in [0.717, 1.165) is 6.42 Å². The summed E-state index contributed by atoms with van der Waals surface area (Å²) in [5.41, 5.74) is 2.06. The van der Waals surface area contributed by atoms with Gasteiger partial charge in [0.15, 0.2) is 0 Å². The molecule has 5 heteroatoms. The molecule has 0 radical (unpaired) electrons. The van der Waals surface area contributed by atoms with E-state index in [4.69, 9.17) is 0 Å². The van der Waals surface area contributed by atoms with Crippen LogP contribution in [0, 0.1) is 0 Å². The molecule has 0 saturated heterocycles. The normalized spacial score (nSPS) is 14.6. The topological polar surface area (TPSA) is 49.4 Å². The van der Waals surface area contributed by atoms with Gasteiger partial charge in [-0.2, -0.15) is 0 Å². The lowest BCUT2D eigenvalue weighted by Crippen LogP contribution is -2.33. The number of imide groups is 1. The van der Waals surface area contributed by atoms with Gasteiger partial charge in [-0.1, -0.05) is 48.5 Å². The maximum absolute atomic E-state index is 12.5. The highest BCUT2D eigenvalue weighted by Crippen LogP contribution is 2.28. The van der Waals surface area contributed by atoms with Gasteiger partial charge in [-0.25, -0.2) is 4.90 Å². The van der Waals surface area contributed by atoms with E-state index < -0.39 is 0 Å². The Kier molecular flexibility index (Phi) is 4.57. The van der Waals surface area contributed by atoms with Gasteiger partial charge in [0.2, 0.25) is 0 Å². The second-order valence-electron chi connectivity index (χ2n) is 5.13. The van der Waals surface area contributed by atoms with Gasteiger partial charge in [0, 0.05) is 6.54 Å². The highest BCUT2D eigenvalue weighted by Gasteiger charge is 2.38. The summed E-state index contributed by atoms with van der Waals surface area (Å²) < 4.78 is 0.277. The van der Waals surface area contributed by atoms with Crippen LogP contribution >= 0.6 is 15.9 Å². The highest BCUT2D eigenvalue weighted by atomic mass is 79.9. The molecule has 2 aromatic carbocycles. The molecule has 2 amide bonds. The standard InChI is InChI=1S/C18H15BrN2O2/c19-15-16(20-12-11-13-7-3-1-4-8-13)18(23)21(17(15)22)14-9-5-2-6-10-14/h1-10,20H,11-12H2. The van der Waals surface area contributed by atoms with Crippen LogP contribution in [-0.4, -0.2) is 18.4 Å². The average molecular weight is 371 g/mol. The Morgan fingerprint density at radius 1 is 0.870 bits per heavy atom. The number of carbonyl (C=O) groups is 2. The minimum Gasteiger partial charge on any atom is -0.379 e. The number of nitrogens with one attached hydrogen (secondary N) is 1. The number of nitrogens with zero attached hydrogens (tertiary/aromatic N) is 1. The van der Waals surface area contributed by atoms with Gasteiger partial charge in [0.1, 0.15) is 10.2 Å². The van der Waals surface area contributed by atoms with Gasteiger partial charge in [0.25, 0.3) is 11.8 Å². The second kappa shape index (κ2) is 6.79. The maximum Gasteiger partial charge on any atom is 0.282 e. The Bertz CT molecular complexity index is 757. The third kappa shape index (κ3) is 3.19. The first-order valence-electron chi connectivity index (χ1n) is 7.30. The van der Waals surface area contributed by atoms with Crippen LogP contribution in [0.3, 0.4) is 0 Å². The van der Waals surface area contributed by atoms with Gasteiger partial charge in [-0.05, 0) is 40.0 Å². The fourth-order valence-corrected chi connectivity index (χ4v) is 2.93. The highest BCUT2D eigenvalue weighted by molar-refractivity contribution is 9.12. The van der Waals surface area contributed by atoms with Crippen molar-refractivity contribution in [1.29, 1.82) is 0 Å². The molecule has 0 spiro atoms. The van der Waals surface area contributed by atoms with Crippen LogP contribution in [-0.2, 0) is 16.0 Å². The van der Waals surface area contributed by atoms with Crippen molar-refractivity contribution in [3.8, 4) is 0 Å². The van der Waals surface area contributed by atoms with Crippen LogP contribution in [0.25, 0.3) is 0 Å². The van der Waals surface area contributed by atoms with Crippen LogP contribution in [0.2, 0.25) is 0 Å². The summed E-state index contributed by atoms with van der Waals surface area (Å²) in [7, 11) is 0. The number of hydrogen-bond donors (Lipinski definition) is 1. The van der Waals surface area contributed by atoms with E-state index in [2.05, 4.69) is 21.2 Å². The number of benzene rings is 2. The quantitative estimate of drug-likeness (QED) is 0.823. The summed E-state index contributed by atoms with van der Waals surface area (Å²) in [6, 6.07) is 18.9. The van der Waals surface area contributed by atoms with Crippen molar-refractivity contribution >= 4 is 33.4 Å². The summed E-state index contributed by atoms with van der Waals surface area (Å²) in [6.07, 6.45) is 0.775. The number of para-hydroxylation sites is 1. The Labute approximate surface area is 142 Å². The van der Waals surface area contributed by atoms with E-state index >= 15 is 0 Å². The molecule has 23 heavy (non-hydrogen) atoms. The van der Waals surface area contributed by atoms with Crippen LogP contribution in [0.1, 0.15) is 5.56 Å². The Balaban J connectivity index is 1.70. The molecule has 2 aromatic rings. The van der Waals surface area contributed by atoms with Crippen molar-refractivity contribution in [3.63, 3.8) is 0 Å². The van der Waals surface area contributed by atoms with Crippen molar-refractivity contribution in [2.24, 2.45) is 0 Å². The molecule has 3 rings (SSSR count). The molecular formula is C18H15BrN2O2. The molecule has 0 unspecified atom stereocenters. The van der Waals surface area contributed by atoms with E-state index in [1.165, 1.54) is 10.5 Å². The zero-order valence-electron chi connectivity index (χ0n) is 12.3. The predicted molar refractivity (Wildman–Crippen MR) is 93.0 cm³/mol. The zero-order valence-corrected chi connectivity index (χ0v) is 13.9. The molecule has 1 N–H and O–H groups in total. The zero-order chi connectivity index (χ0) is 16.2. The third-order valence-corrected chi connectivity index (χ3v) is 4.34. The summed E-state index contributed by atoms with van der Waals surface area (Å²) in [5.74, 6) is -0.676. The van der Waals surface area contributed by atoms with Gasteiger partial charge < -0.3 is 5.32 Å². The van der Waals surface area contributed by atoms with Crippen LogP contribution < -0.4 is 10.2 Å². The van der Waals surface area contributed by atoms with Gasteiger partial charge in [-0.3, -0.25) is 9.59 Å². The molecule has 116 valence electrons. The SMILES string of the molecule is O=C1C(Br)=C(NCCc2ccccc2)C(=O)N1c1ccccc1. The lowest BCUT2D eigenvalue weighted by molar-refractivity contribution is -0.120. The first-order valence-corrected chi connectivity index (χ1v) is 8.09. The number of anilines is 1. The molecule has 0 fully saturated rings. The van der Waals surface area contributed by atoms with Crippen molar-refractivity contribution < 1.29 is 9.59 Å². The van der Waals surface area contributed by atoms with Crippen LogP contribution in [0.15, 0.2) is 70.8 Å². The van der Waals surface area contributed by atoms with Crippen LogP contribution in [0.5, 0.6) is 0 Å². The van der Waals surface area contributed by atoms with Crippen molar-refractivity contribution in [1.82, 2.24) is 5.32 Å². The molecule has 0 aromatic heterocycles. The second-order valence-corrected chi connectivity index (χ2v) is 5.93. The van der Waals surface area contributed by atoms with E-state index in [0.29, 0.717) is 17.9 Å². The largest absolute Gasteiger partial charge is 0.379 e. The van der Waals surface area contributed by atoms with Gasteiger partial charge in [-0.15, -0.1) is 0 Å². The maximum atomic E-state index is 12.5. The van der Waals surface area contributed by atoms with E-state index in [1.54, 1.807) is 24.3 Å². The smallest absolute Gasteiger partial charge is 0.282 e. The lowest BCUT2D eigenvalue weighted by atomic mass is 10.1. The minimum atomic E-state index is -0.344. The van der Waals surface area contributed by atoms with Gasteiger partial charge in [0.05, 0.1) is 5.69 Å². The van der Waals surface area contributed by atoms with Crippen molar-refractivity contribution in [2.45, 2.75) is 6.42 Å². The Hall–Kier alpha value is -2.40. The summed E-state index contributed by atoms with van der Waals surface area (Å²) in [6.45, 7) is 0.579. The number of rotatable bonds is 5. The summed E-state index contributed by atoms with van der Waals surface area (Å²) >= 11 is 3.24. The Morgan fingerprint density at radius 2 is 1.48 bits per heavy atom. The monoisotopic (exact) mass is 370 g/mol. The van der Waals surface area contributed by atoms with Crippen molar-refractivity contribution in [3.05, 3.63) is 76.4 Å². The first kappa shape index (κ1) is 15.5. The fourth-order valence-electron chi connectivity index (χ4n) is 2.44. The number of amides is 2. The molecule has 0 bridgehead atoms. The van der Waals surface area contributed by atoms with Crippen LogP contribution in [0.4, 0.5) is 5.69 Å². The molecule has 1 aliphatic heterocycles. The van der Waals surface area contributed by atoms with Gasteiger partial charge >= 0.3 is 0 Å². The number of carbonyl (C=O) groups excluding carboxylic acids is 2. The predicted octanol–water partition coefficient (Wildman–Crippen LogP) is 3.00. The molecule has 1 heterocycles. The third-order valence-electron chi connectivity index (χ3n) is 3.60. The molecular weight excluding hydrogens is 356 g/mol. The fraction of sp³-hybridized carbons (Fsp3) is 0.111. The summed E-state index contributed by atoms with van der Waals surface area (Å²) in [4.78, 5) is 26.0. The molecule has 0 saturated carbocycles. The van der Waals surface area contributed by atoms with E-state index in [9.17, 15) is 9.59 Å². The minimum absolute atomic E-state index is 0.277. The van der Waals surface area contributed by atoms with E-state index in [-0.39, 0.29) is 16.3 Å². The first-order chi connectivity index (χ1) is 11.2.